The van der Waals surface area contributed by atoms with E-state index in [1.54, 1.807) is 6.07 Å². The molecule has 3 rings (SSSR count). The molecule has 0 aliphatic carbocycles. The van der Waals surface area contributed by atoms with Gasteiger partial charge in [0.05, 0.1) is 5.56 Å². The monoisotopic (exact) mass is 300 g/mol. The number of ether oxygens (including phenoxy) is 1. The highest BCUT2D eigenvalue weighted by atomic mass is 79.9. The van der Waals surface area contributed by atoms with Crippen LogP contribution in [0.15, 0.2) is 53.0 Å². The highest BCUT2D eigenvalue weighted by Gasteiger charge is 2.25. The van der Waals surface area contributed by atoms with E-state index in [1.807, 2.05) is 48.5 Å². The van der Waals surface area contributed by atoms with Crippen molar-refractivity contribution in [3.8, 4) is 0 Å². The van der Waals surface area contributed by atoms with Crippen LogP contribution in [0.3, 0.4) is 0 Å². The quantitative estimate of drug-likeness (QED) is 0.741. The lowest BCUT2D eigenvalue weighted by molar-refractivity contribution is 0.0717. The zero-order chi connectivity index (χ0) is 12.5. The van der Waals surface area contributed by atoms with E-state index in [2.05, 4.69) is 15.9 Å². The van der Waals surface area contributed by atoms with Crippen LogP contribution in [-0.4, -0.2) is 5.97 Å². The van der Waals surface area contributed by atoms with Crippen molar-refractivity contribution in [2.24, 2.45) is 0 Å². The number of hydrogen-bond donors (Lipinski definition) is 0. The summed E-state index contributed by atoms with van der Waals surface area (Å²) < 4.78 is 6.26. The van der Waals surface area contributed by atoms with Crippen LogP contribution in [0.2, 0.25) is 0 Å². The summed E-state index contributed by atoms with van der Waals surface area (Å²) in [6.07, 6.45) is 1.87. The molecular weight excluding hydrogens is 292 g/mol. The molecule has 0 aromatic heterocycles. The Bertz CT molecular complexity index is 659. The molecule has 0 spiro atoms. The number of halogens is 1. The molecule has 2 nitrogen and oxygen atoms in total. The standard InChI is InChI=1S/C15H9BrO2/c16-13-8-4-1-5-10(13)9-14-11-6-2-3-7-12(11)15(17)18-14/h1-9H. The Morgan fingerprint density at radius 2 is 1.61 bits per heavy atom. The fraction of sp³-hybridized carbons (Fsp3) is 0. The molecule has 0 unspecified atom stereocenters. The maximum absolute atomic E-state index is 11.7. The molecule has 0 saturated carbocycles. The van der Waals surface area contributed by atoms with Crippen molar-refractivity contribution < 1.29 is 9.53 Å². The molecule has 0 saturated heterocycles. The molecule has 0 radical (unpaired) electrons. The van der Waals surface area contributed by atoms with Crippen molar-refractivity contribution in [2.75, 3.05) is 0 Å². The Kier molecular flexibility index (Phi) is 2.76. The summed E-state index contributed by atoms with van der Waals surface area (Å²) in [5.74, 6) is 0.311. The maximum atomic E-state index is 11.7. The molecule has 0 fully saturated rings. The van der Waals surface area contributed by atoms with E-state index in [4.69, 9.17) is 4.74 Å². The first-order valence-corrected chi connectivity index (χ1v) is 6.33. The van der Waals surface area contributed by atoms with Gasteiger partial charge in [0.15, 0.2) is 0 Å². The molecule has 2 aromatic rings. The summed E-state index contributed by atoms with van der Waals surface area (Å²) in [4.78, 5) is 11.7. The van der Waals surface area contributed by atoms with Crippen LogP contribution in [0, 0.1) is 0 Å². The average Bonchev–Trinajstić information content (AvgIpc) is 2.70. The van der Waals surface area contributed by atoms with Gasteiger partial charge in [0.1, 0.15) is 5.76 Å². The van der Waals surface area contributed by atoms with Crippen LogP contribution in [0.5, 0.6) is 0 Å². The lowest BCUT2D eigenvalue weighted by atomic mass is 10.1. The zero-order valence-corrected chi connectivity index (χ0v) is 11.0. The smallest absolute Gasteiger partial charge is 0.344 e. The van der Waals surface area contributed by atoms with Gasteiger partial charge in [-0.25, -0.2) is 4.79 Å². The zero-order valence-electron chi connectivity index (χ0n) is 9.39. The number of carbonyl (C=O) groups is 1. The lowest BCUT2D eigenvalue weighted by Crippen LogP contribution is -1.92. The maximum Gasteiger partial charge on any atom is 0.344 e. The summed E-state index contributed by atoms with van der Waals surface area (Å²) in [5, 5.41) is 0. The first-order chi connectivity index (χ1) is 8.75. The summed E-state index contributed by atoms with van der Waals surface area (Å²) in [7, 11) is 0. The molecular formula is C15H9BrO2. The first-order valence-electron chi connectivity index (χ1n) is 5.53. The van der Waals surface area contributed by atoms with Gasteiger partial charge in [-0.15, -0.1) is 0 Å². The van der Waals surface area contributed by atoms with Gasteiger partial charge in [-0.2, -0.15) is 0 Å². The van der Waals surface area contributed by atoms with Gasteiger partial charge in [-0.3, -0.25) is 0 Å². The SMILES string of the molecule is O=C1OC(=Cc2ccccc2Br)c2ccccc21. The Labute approximate surface area is 113 Å². The molecule has 1 heterocycles. The second-order valence-corrected chi connectivity index (χ2v) is 4.82. The van der Waals surface area contributed by atoms with Crippen molar-refractivity contribution in [3.63, 3.8) is 0 Å². The van der Waals surface area contributed by atoms with Crippen LogP contribution in [-0.2, 0) is 4.74 Å². The topological polar surface area (TPSA) is 26.3 Å². The minimum absolute atomic E-state index is 0.288. The van der Waals surface area contributed by atoms with E-state index in [0.29, 0.717) is 11.3 Å². The van der Waals surface area contributed by atoms with Gasteiger partial charge < -0.3 is 4.74 Å². The summed E-state index contributed by atoms with van der Waals surface area (Å²) in [6, 6.07) is 15.2. The number of carbonyl (C=O) groups excluding carboxylic acids is 1. The third-order valence-electron chi connectivity index (χ3n) is 2.81. The Balaban J connectivity index is 2.11. The molecule has 0 atom stereocenters. The normalized spacial score (nSPS) is 15.6. The van der Waals surface area contributed by atoms with Crippen molar-refractivity contribution in [1.29, 1.82) is 0 Å². The fourth-order valence-corrected chi connectivity index (χ4v) is 2.33. The van der Waals surface area contributed by atoms with Crippen molar-refractivity contribution >= 4 is 33.7 Å². The van der Waals surface area contributed by atoms with Crippen LogP contribution in [0.25, 0.3) is 11.8 Å². The van der Waals surface area contributed by atoms with Crippen molar-refractivity contribution in [2.45, 2.75) is 0 Å². The van der Waals surface area contributed by atoms with Crippen molar-refractivity contribution in [1.82, 2.24) is 0 Å². The molecule has 1 aliphatic heterocycles. The van der Waals surface area contributed by atoms with Crippen LogP contribution in [0.4, 0.5) is 0 Å². The first kappa shape index (κ1) is 11.2. The average molecular weight is 301 g/mol. The number of rotatable bonds is 1. The molecule has 0 amide bonds. The minimum Gasteiger partial charge on any atom is -0.422 e. The predicted molar refractivity (Wildman–Crippen MR) is 73.9 cm³/mol. The van der Waals surface area contributed by atoms with Gasteiger partial charge in [0, 0.05) is 10.0 Å². The van der Waals surface area contributed by atoms with Crippen molar-refractivity contribution in [3.05, 3.63) is 69.7 Å². The second-order valence-electron chi connectivity index (χ2n) is 3.97. The number of cyclic esters (lactones) is 1. The van der Waals surface area contributed by atoms with Crippen LogP contribution < -0.4 is 0 Å². The van der Waals surface area contributed by atoms with E-state index in [0.717, 1.165) is 15.6 Å². The van der Waals surface area contributed by atoms with E-state index < -0.39 is 0 Å². The molecule has 3 heteroatoms. The van der Waals surface area contributed by atoms with Crippen LogP contribution in [0.1, 0.15) is 21.5 Å². The van der Waals surface area contributed by atoms with Gasteiger partial charge in [-0.1, -0.05) is 52.3 Å². The number of fused-ring (bicyclic) bond motifs is 1. The molecule has 2 aromatic carbocycles. The van der Waals surface area contributed by atoms with Crippen LogP contribution >= 0.6 is 15.9 Å². The van der Waals surface area contributed by atoms with Gasteiger partial charge >= 0.3 is 5.97 Å². The summed E-state index contributed by atoms with van der Waals surface area (Å²) in [5.41, 5.74) is 2.45. The predicted octanol–water partition coefficient (Wildman–Crippen LogP) is 4.12. The number of esters is 1. The molecule has 0 N–H and O–H groups in total. The number of benzene rings is 2. The molecule has 1 aliphatic rings. The Hall–Kier alpha value is -1.87. The third-order valence-corrected chi connectivity index (χ3v) is 3.53. The molecule has 18 heavy (non-hydrogen) atoms. The second kappa shape index (κ2) is 4.42. The molecule has 0 bridgehead atoms. The Morgan fingerprint density at radius 1 is 0.944 bits per heavy atom. The fourth-order valence-electron chi connectivity index (χ4n) is 1.93. The molecule has 88 valence electrons. The van der Waals surface area contributed by atoms with E-state index in [1.165, 1.54) is 0 Å². The summed E-state index contributed by atoms with van der Waals surface area (Å²) >= 11 is 3.47. The third kappa shape index (κ3) is 1.87. The minimum atomic E-state index is -0.288. The van der Waals surface area contributed by atoms with E-state index >= 15 is 0 Å². The largest absolute Gasteiger partial charge is 0.422 e. The van der Waals surface area contributed by atoms with E-state index in [-0.39, 0.29) is 5.97 Å². The van der Waals surface area contributed by atoms with Gasteiger partial charge in [-0.05, 0) is 23.8 Å². The highest BCUT2D eigenvalue weighted by molar-refractivity contribution is 9.10. The Morgan fingerprint density at radius 3 is 2.39 bits per heavy atom. The summed E-state index contributed by atoms with van der Waals surface area (Å²) in [6.45, 7) is 0. The van der Waals surface area contributed by atoms with Gasteiger partial charge in [0.25, 0.3) is 0 Å². The van der Waals surface area contributed by atoms with E-state index in [9.17, 15) is 4.79 Å². The highest BCUT2D eigenvalue weighted by Crippen LogP contribution is 2.32. The van der Waals surface area contributed by atoms with Gasteiger partial charge in [0.2, 0.25) is 0 Å². The number of hydrogen-bond acceptors (Lipinski definition) is 2. The lowest BCUT2D eigenvalue weighted by Gasteiger charge is -2.01.